The van der Waals surface area contributed by atoms with Gasteiger partial charge in [0, 0.05) is 5.02 Å². The van der Waals surface area contributed by atoms with Gasteiger partial charge in [-0.25, -0.2) is 0 Å². The zero-order valence-corrected chi connectivity index (χ0v) is 17.5. The summed E-state index contributed by atoms with van der Waals surface area (Å²) in [5.74, 6) is 1.38. The van der Waals surface area contributed by atoms with Gasteiger partial charge in [-0.3, -0.25) is 4.79 Å². The van der Waals surface area contributed by atoms with Crippen molar-refractivity contribution < 1.29 is 14.3 Å². The lowest BCUT2D eigenvalue weighted by atomic mass is 10.2. The maximum Gasteiger partial charge on any atom is 0.230 e. The van der Waals surface area contributed by atoms with Gasteiger partial charge in [0.05, 0.1) is 19.4 Å². The first-order valence-electron chi connectivity index (χ1n) is 8.78. The highest BCUT2D eigenvalue weighted by molar-refractivity contribution is 7.99. The summed E-state index contributed by atoms with van der Waals surface area (Å²) in [6.07, 6.45) is 0. The Morgan fingerprint density at radius 3 is 2.79 bits per heavy atom. The first kappa shape index (κ1) is 20.9. The standard InChI is InChI=1S/C19H20ClN5O3S/c1-13-3-8-17(27-2)16(11-13)25-19(22-23-24-25)29-12-18(26)21-9-10-28-15-6-4-14(20)5-7-15/h3-8,11H,9-10,12H2,1-2H3,(H,21,26). The molecule has 10 heteroatoms. The first-order valence-corrected chi connectivity index (χ1v) is 10.1. The van der Waals surface area contributed by atoms with Crippen LogP contribution in [0.25, 0.3) is 5.69 Å². The number of nitrogens with one attached hydrogen (secondary N) is 1. The summed E-state index contributed by atoms with van der Waals surface area (Å²) in [5, 5.41) is 15.7. The van der Waals surface area contributed by atoms with Crippen molar-refractivity contribution in [3.8, 4) is 17.2 Å². The normalized spacial score (nSPS) is 10.6. The van der Waals surface area contributed by atoms with E-state index in [1.54, 1.807) is 36.1 Å². The number of aryl methyl sites for hydroxylation is 1. The van der Waals surface area contributed by atoms with Crippen LogP contribution in [-0.2, 0) is 4.79 Å². The molecule has 0 aliphatic carbocycles. The fraction of sp³-hybridized carbons (Fsp3) is 0.263. The number of tetrazole rings is 1. The van der Waals surface area contributed by atoms with Crippen LogP contribution < -0.4 is 14.8 Å². The number of nitrogens with zero attached hydrogens (tertiary/aromatic N) is 4. The number of carbonyl (C=O) groups is 1. The lowest BCUT2D eigenvalue weighted by Gasteiger charge is -2.10. The molecule has 8 nitrogen and oxygen atoms in total. The molecule has 3 aromatic rings. The van der Waals surface area contributed by atoms with Gasteiger partial charge in [-0.05, 0) is 59.3 Å². The van der Waals surface area contributed by atoms with Gasteiger partial charge in [0.25, 0.3) is 0 Å². The first-order chi connectivity index (χ1) is 14.1. The maximum atomic E-state index is 12.1. The highest BCUT2D eigenvalue weighted by Crippen LogP contribution is 2.26. The topological polar surface area (TPSA) is 91.2 Å². The van der Waals surface area contributed by atoms with E-state index in [4.69, 9.17) is 21.1 Å². The predicted molar refractivity (Wildman–Crippen MR) is 111 cm³/mol. The van der Waals surface area contributed by atoms with Gasteiger partial charge in [-0.1, -0.05) is 29.4 Å². The molecule has 0 saturated heterocycles. The van der Waals surface area contributed by atoms with Crippen LogP contribution in [0.3, 0.4) is 0 Å². The summed E-state index contributed by atoms with van der Waals surface area (Å²) in [6.45, 7) is 2.72. The Bertz CT molecular complexity index is 965. The molecule has 29 heavy (non-hydrogen) atoms. The summed E-state index contributed by atoms with van der Waals surface area (Å²) in [5.41, 5.74) is 1.77. The predicted octanol–water partition coefficient (Wildman–Crippen LogP) is 2.92. The lowest BCUT2D eigenvalue weighted by Crippen LogP contribution is -2.29. The molecule has 3 rings (SSSR count). The quantitative estimate of drug-likeness (QED) is 0.409. The number of ether oxygens (including phenoxy) is 2. The second-order valence-corrected chi connectivity index (χ2v) is 7.37. The van der Waals surface area contributed by atoms with Crippen molar-refractivity contribution in [3.63, 3.8) is 0 Å². The number of halogens is 1. The van der Waals surface area contributed by atoms with Crippen molar-refractivity contribution in [1.82, 2.24) is 25.5 Å². The van der Waals surface area contributed by atoms with E-state index in [0.29, 0.717) is 34.8 Å². The maximum absolute atomic E-state index is 12.1. The molecule has 0 saturated carbocycles. The molecule has 0 unspecified atom stereocenters. The van der Waals surface area contributed by atoms with Crippen LogP contribution in [0.15, 0.2) is 47.6 Å². The molecule has 0 aliphatic rings. The average molecular weight is 434 g/mol. The lowest BCUT2D eigenvalue weighted by molar-refractivity contribution is -0.118. The highest BCUT2D eigenvalue weighted by atomic mass is 35.5. The third-order valence-corrected chi connectivity index (χ3v) is 5.01. The van der Waals surface area contributed by atoms with Gasteiger partial charge in [0.1, 0.15) is 23.8 Å². The molecule has 0 radical (unpaired) electrons. The zero-order chi connectivity index (χ0) is 20.6. The number of aromatic nitrogens is 4. The van der Waals surface area contributed by atoms with Gasteiger partial charge in [-0.2, -0.15) is 4.68 Å². The molecule has 1 aromatic heterocycles. The number of thioether (sulfide) groups is 1. The van der Waals surface area contributed by atoms with Crippen LogP contribution in [0.5, 0.6) is 11.5 Å². The van der Waals surface area contributed by atoms with E-state index >= 15 is 0 Å². The summed E-state index contributed by atoms with van der Waals surface area (Å²) in [7, 11) is 1.59. The SMILES string of the molecule is COc1ccc(C)cc1-n1nnnc1SCC(=O)NCCOc1ccc(Cl)cc1. The Balaban J connectivity index is 1.49. The van der Waals surface area contributed by atoms with E-state index in [0.717, 1.165) is 11.3 Å². The van der Waals surface area contributed by atoms with E-state index in [2.05, 4.69) is 20.8 Å². The van der Waals surface area contributed by atoms with E-state index in [1.807, 2.05) is 25.1 Å². The van der Waals surface area contributed by atoms with Crippen molar-refractivity contribution in [2.75, 3.05) is 26.0 Å². The Morgan fingerprint density at radius 1 is 1.24 bits per heavy atom. The number of benzene rings is 2. The van der Waals surface area contributed by atoms with Crippen LogP contribution in [-0.4, -0.2) is 52.1 Å². The van der Waals surface area contributed by atoms with Gasteiger partial charge >= 0.3 is 0 Å². The minimum Gasteiger partial charge on any atom is -0.494 e. The molecule has 1 amide bonds. The molecule has 0 spiro atoms. The Hall–Kier alpha value is -2.78. The monoisotopic (exact) mass is 433 g/mol. The molecule has 2 aromatic carbocycles. The second kappa shape index (κ2) is 10.1. The van der Waals surface area contributed by atoms with Crippen LogP contribution >= 0.6 is 23.4 Å². The molecule has 0 aliphatic heterocycles. The Kier molecular flexibility index (Phi) is 7.31. The highest BCUT2D eigenvalue weighted by Gasteiger charge is 2.15. The molecule has 1 N–H and O–H groups in total. The molecular formula is C19H20ClN5O3S. The molecule has 0 bridgehead atoms. The largest absolute Gasteiger partial charge is 0.494 e. The average Bonchev–Trinajstić information content (AvgIpc) is 3.19. The van der Waals surface area contributed by atoms with Crippen LogP contribution in [0.1, 0.15) is 5.56 Å². The third-order valence-electron chi connectivity index (χ3n) is 3.84. The van der Waals surface area contributed by atoms with Crippen molar-refractivity contribution in [2.24, 2.45) is 0 Å². The van der Waals surface area contributed by atoms with Crippen molar-refractivity contribution in [3.05, 3.63) is 53.1 Å². The van der Waals surface area contributed by atoms with E-state index < -0.39 is 0 Å². The summed E-state index contributed by atoms with van der Waals surface area (Å²) in [4.78, 5) is 12.1. The van der Waals surface area contributed by atoms with Crippen LogP contribution in [0.4, 0.5) is 0 Å². The molecule has 152 valence electrons. The Labute approximate surface area is 177 Å². The van der Waals surface area contributed by atoms with E-state index in [-0.39, 0.29) is 11.7 Å². The minimum absolute atomic E-state index is 0.138. The van der Waals surface area contributed by atoms with Gasteiger partial charge in [0.15, 0.2) is 0 Å². The number of carbonyl (C=O) groups excluding carboxylic acids is 1. The molecular weight excluding hydrogens is 414 g/mol. The number of hydrogen-bond acceptors (Lipinski definition) is 7. The van der Waals surface area contributed by atoms with Crippen molar-refractivity contribution in [1.29, 1.82) is 0 Å². The van der Waals surface area contributed by atoms with E-state index in [9.17, 15) is 4.79 Å². The fourth-order valence-electron chi connectivity index (χ4n) is 2.46. The fourth-order valence-corrected chi connectivity index (χ4v) is 3.30. The summed E-state index contributed by atoms with van der Waals surface area (Å²) < 4.78 is 12.5. The molecule has 0 atom stereocenters. The number of methoxy groups -OCH3 is 1. The smallest absolute Gasteiger partial charge is 0.230 e. The number of rotatable bonds is 9. The van der Waals surface area contributed by atoms with Crippen molar-refractivity contribution in [2.45, 2.75) is 12.1 Å². The summed E-state index contributed by atoms with van der Waals surface area (Å²) >= 11 is 7.07. The third kappa shape index (κ3) is 5.85. The zero-order valence-electron chi connectivity index (χ0n) is 16.0. The second-order valence-electron chi connectivity index (χ2n) is 5.99. The molecule has 0 fully saturated rings. The van der Waals surface area contributed by atoms with Gasteiger partial charge in [0.2, 0.25) is 11.1 Å². The van der Waals surface area contributed by atoms with Crippen LogP contribution in [0, 0.1) is 6.92 Å². The van der Waals surface area contributed by atoms with Crippen LogP contribution in [0.2, 0.25) is 5.02 Å². The van der Waals surface area contributed by atoms with Gasteiger partial charge < -0.3 is 14.8 Å². The molecule has 1 heterocycles. The number of hydrogen-bond donors (Lipinski definition) is 1. The number of amides is 1. The summed E-state index contributed by atoms with van der Waals surface area (Å²) in [6, 6.07) is 12.8. The van der Waals surface area contributed by atoms with Gasteiger partial charge in [-0.15, -0.1) is 5.10 Å². The van der Waals surface area contributed by atoms with Crippen molar-refractivity contribution >= 4 is 29.3 Å². The Morgan fingerprint density at radius 2 is 2.03 bits per heavy atom. The van der Waals surface area contributed by atoms with E-state index in [1.165, 1.54) is 11.8 Å². The minimum atomic E-state index is -0.138.